The van der Waals surface area contributed by atoms with Crippen molar-refractivity contribution in [2.24, 2.45) is 0 Å². The summed E-state index contributed by atoms with van der Waals surface area (Å²) in [6.45, 7) is 0. The van der Waals surface area contributed by atoms with Gasteiger partial charge in [-0.15, -0.1) is 0 Å². The molecule has 0 N–H and O–H groups in total. The third kappa shape index (κ3) is 1.57. The Morgan fingerprint density at radius 1 is 1.75 bits per heavy atom. The molecule has 3 nitrogen and oxygen atoms in total. The third-order valence-corrected chi connectivity index (χ3v) is 1.39. The van der Waals surface area contributed by atoms with Crippen molar-refractivity contribution in [3.63, 3.8) is 0 Å². The Bertz CT molecular complexity index is 372. The SMILES string of the molecule is N#Cc1ncc(C(=O)Cl)cc1F. The second-order valence-corrected chi connectivity index (χ2v) is 2.28. The molecule has 0 bridgehead atoms. The molecule has 1 aromatic rings. The first kappa shape index (κ1) is 8.62. The molecular formula is C7H2ClFN2O. The molecule has 0 saturated heterocycles. The molecular weight excluding hydrogens is 183 g/mol. The second-order valence-electron chi connectivity index (χ2n) is 1.94. The van der Waals surface area contributed by atoms with Gasteiger partial charge in [0.2, 0.25) is 0 Å². The van der Waals surface area contributed by atoms with Gasteiger partial charge in [-0.1, -0.05) is 0 Å². The summed E-state index contributed by atoms with van der Waals surface area (Å²) in [7, 11) is 0. The van der Waals surface area contributed by atoms with Gasteiger partial charge in [0.05, 0.1) is 5.56 Å². The standard InChI is InChI=1S/C7H2ClFN2O/c8-7(12)4-1-5(9)6(2-10)11-3-4/h1,3H. The van der Waals surface area contributed by atoms with Gasteiger partial charge < -0.3 is 0 Å². The van der Waals surface area contributed by atoms with Gasteiger partial charge in [0, 0.05) is 6.20 Å². The lowest BCUT2D eigenvalue weighted by Gasteiger charge is -1.93. The van der Waals surface area contributed by atoms with Gasteiger partial charge in [0.25, 0.3) is 5.24 Å². The van der Waals surface area contributed by atoms with Gasteiger partial charge in [-0.05, 0) is 17.7 Å². The predicted molar refractivity (Wildman–Crippen MR) is 39.1 cm³/mol. The van der Waals surface area contributed by atoms with Gasteiger partial charge in [0.15, 0.2) is 11.5 Å². The molecule has 0 amide bonds. The van der Waals surface area contributed by atoms with Crippen LogP contribution in [0.3, 0.4) is 0 Å². The number of pyridine rings is 1. The Kier molecular flexibility index (Phi) is 2.36. The first-order valence-corrected chi connectivity index (χ1v) is 3.28. The zero-order chi connectivity index (χ0) is 9.14. The molecule has 0 spiro atoms. The van der Waals surface area contributed by atoms with Crippen LogP contribution < -0.4 is 0 Å². The molecule has 5 heteroatoms. The first-order chi connectivity index (χ1) is 5.65. The number of aromatic nitrogens is 1. The van der Waals surface area contributed by atoms with Crippen molar-refractivity contribution in [3.8, 4) is 6.07 Å². The summed E-state index contributed by atoms with van der Waals surface area (Å²) in [5, 5.41) is 7.48. The van der Waals surface area contributed by atoms with Crippen LogP contribution in [-0.4, -0.2) is 10.2 Å². The van der Waals surface area contributed by atoms with Crippen molar-refractivity contribution in [2.45, 2.75) is 0 Å². The molecule has 1 aromatic heterocycles. The molecule has 12 heavy (non-hydrogen) atoms. The smallest absolute Gasteiger partial charge is 0.254 e. The van der Waals surface area contributed by atoms with Crippen LogP contribution in [0.2, 0.25) is 0 Å². The van der Waals surface area contributed by atoms with Crippen LogP contribution in [-0.2, 0) is 0 Å². The van der Waals surface area contributed by atoms with E-state index in [1.807, 2.05) is 0 Å². The van der Waals surface area contributed by atoms with E-state index in [1.54, 1.807) is 0 Å². The molecule has 0 radical (unpaired) electrons. The fourth-order valence-corrected chi connectivity index (χ4v) is 0.731. The average molecular weight is 185 g/mol. The van der Waals surface area contributed by atoms with Crippen LogP contribution in [0.25, 0.3) is 0 Å². The van der Waals surface area contributed by atoms with E-state index in [0.717, 1.165) is 12.3 Å². The van der Waals surface area contributed by atoms with Crippen LogP contribution in [0, 0.1) is 17.1 Å². The lowest BCUT2D eigenvalue weighted by atomic mass is 10.2. The number of nitrogens with zero attached hydrogens (tertiary/aromatic N) is 2. The van der Waals surface area contributed by atoms with Crippen LogP contribution in [0.5, 0.6) is 0 Å². The van der Waals surface area contributed by atoms with Crippen LogP contribution in [0.15, 0.2) is 12.3 Å². The fraction of sp³-hybridized carbons (Fsp3) is 0. The number of hydrogen-bond acceptors (Lipinski definition) is 3. The molecule has 0 atom stereocenters. The summed E-state index contributed by atoms with van der Waals surface area (Å²) in [4.78, 5) is 13.8. The number of hydrogen-bond donors (Lipinski definition) is 0. The zero-order valence-corrected chi connectivity index (χ0v) is 6.47. The topological polar surface area (TPSA) is 53.8 Å². The van der Waals surface area contributed by atoms with E-state index in [-0.39, 0.29) is 11.3 Å². The van der Waals surface area contributed by atoms with Crippen LogP contribution >= 0.6 is 11.6 Å². The Hall–Kier alpha value is -1.47. The summed E-state index contributed by atoms with van der Waals surface area (Å²) in [6, 6.07) is 2.40. The summed E-state index contributed by atoms with van der Waals surface area (Å²) < 4.78 is 12.7. The van der Waals surface area contributed by atoms with Gasteiger partial charge in [-0.3, -0.25) is 4.79 Å². The van der Waals surface area contributed by atoms with Gasteiger partial charge in [-0.2, -0.15) is 5.26 Å². The maximum Gasteiger partial charge on any atom is 0.254 e. The van der Waals surface area contributed by atoms with Crippen molar-refractivity contribution >= 4 is 16.8 Å². The predicted octanol–water partition coefficient (Wildman–Crippen LogP) is 1.47. The van der Waals surface area contributed by atoms with Crippen LogP contribution in [0.4, 0.5) is 4.39 Å². The minimum atomic E-state index is -0.844. The van der Waals surface area contributed by atoms with E-state index in [4.69, 9.17) is 16.9 Å². The highest BCUT2D eigenvalue weighted by atomic mass is 35.5. The molecule has 0 saturated carbocycles. The number of nitriles is 1. The van der Waals surface area contributed by atoms with E-state index in [1.165, 1.54) is 6.07 Å². The highest BCUT2D eigenvalue weighted by molar-refractivity contribution is 6.67. The zero-order valence-electron chi connectivity index (χ0n) is 5.71. The van der Waals surface area contributed by atoms with Gasteiger partial charge >= 0.3 is 0 Å². The Labute approximate surface area is 72.4 Å². The molecule has 0 aromatic carbocycles. The van der Waals surface area contributed by atoms with E-state index < -0.39 is 11.1 Å². The highest BCUT2D eigenvalue weighted by Crippen LogP contribution is 2.07. The highest BCUT2D eigenvalue weighted by Gasteiger charge is 2.07. The molecule has 0 aliphatic heterocycles. The number of carbonyl (C=O) groups excluding carboxylic acids is 1. The maximum absolute atomic E-state index is 12.7. The normalized spacial score (nSPS) is 9.08. The van der Waals surface area contributed by atoms with E-state index in [2.05, 4.69) is 4.98 Å². The average Bonchev–Trinajstić information content (AvgIpc) is 2.04. The summed E-state index contributed by atoms with van der Waals surface area (Å²) >= 11 is 5.04. The van der Waals surface area contributed by atoms with E-state index >= 15 is 0 Å². The van der Waals surface area contributed by atoms with Crippen molar-refractivity contribution in [1.29, 1.82) is 5.26 Å². The number of rotatable bonds is 1. The largest absolute Gasteiger partial charge is 0.276 e. The second kappa shape index (κ2) is 3.28. The lowest BCUT2D eigenvalue weighted by Crippen LogP contribution is -1.95. The van der Waals surface area contributed by atoms with Crippen molar-refractivity contribution in [1.82, 2.24) is 4.98 Å². The van der Waals surface area contributed by atoms with Crippen LogP contribution in [0.1, 0.15) is 16.1 Å². The fourth-order valence-electron chi connectivity index (χ4n) is 0.628. The third-order valence-electron chi connectivity index (χ3n) is 1.17. The molecule has 0 aliphatic carbocycles. The monoisotopic (exact) mass is 184 g/mol. The molecule has 1 heterocycles. The van der Waals surface area contributed by atoms with E-state index in [0.29, 0.717) is 0 Å². The summed E-state index contributed by atoms with van der Waals surface area (Å²) in [6.07, 6.45) is 1.05. The van der Waals surface area contributed by atoms with Crippen molar-refractivity contribution in [3.05, 3.63) is 29.3 Å². The quantitative estimate of drug-likeness (QED) is 0.621. The molecule has 0 aliphatic rings. The van der Waals surface area contributed by atoms with E-state index in [9.17, 15) is 9.18 Å². The number of halogens is 2. The first-order valence-electron chi connectivity index (χ1n) is 2.90. The Morgan fingerprint density at radius 3 is 2.83 bits per heavy atom. The van der Waals surface area contributed by atoms with Gasteiger partial charge in [0.1, 0.15) is 6.07 Å². The summed E-state index contributed by atoms with van der Waals surface area (Å²) in [5.41, 5.74) is -0.412. The van der Waals surface area contributed by atoms with Crippen molar-refractivity contribution in [2.75, 3.05) is 0 Å². The van der Waals surface area contributed by atoms with Crippen molar-refractivity contribution < 1.29 is 9.18 Å². The Morgan fingerprint density at radius 2 is 2.42 bits per heavy atom. The minimum Gasteiger partial charge on any atom is -0.276 e. The number of carbonyl (C=O) groups is 1. The molecule has 0 fully saturated rings. The maximum atomic E-state index is 12.7. The minimum absolute atomic E-state index is 0.0619. The Balaban J connectivity index is 3.21. The molecule has 0 unspecified atom stereocenters. The molecule has 60 valence electrons. The lowest BCUT2D eigenvalue weighted by molar-refractivity contribution is 0.108. The summed E-state index contributed by atoms with van der Waals surface area (Å²) in [5.74, 6) is -0.844. The molecule has 1 rings (SSSR count). The van der Waals surface area contributed by atoms with Gasteiger partial charge in [-0.25, -0.2) is 9.37 Å².